The molecule has 0 fully saturated rings. The van der Waals surface area contributed by atoms with E-state index >= 15 is 0 Å². The predicted molar refractivity (Wildman–Crippen MR) is 77.5 cm³/mol. The summed E-state index contributed by atoms with van der Waals surface area (Å²) >= 11 is 6.73. The molecule has 0 aliphatic heterocycles. The molecule has 84 valence electrons. The molecule has 0 bridgehead atoms. The number of rotatable bonds is 2. The monoisotopic (exact) mass is 350 g/mol. The molecule has 2 rings (SSSR count). The summed E-state index contributed by atoms with van der Waals surface area (Å²) in [7, 11) is 0. The molecule has 2 nitrogen and oxygen atoms in total. The van der Waals surface area contributed by atoms with E-state index < -0.39 is 0 Å². The summed E-state index contributed by atoms with van der Waals surface area (Å²) in [5.41, 5.74) is 1.66. The number of halogens is 2. The summed E-state index contributed by atoms with van der Waals surface area (Å²) in [6.45, 7) is 0. The van der Waals surface area contributed by atoms with E-state index in [1.165, 1.54) is 0 Å². The van der Waals surface area contributed by atoms with E-state index in [0.29, 0.717) is 0 Å². The first-order chi connectivity index (χ1) is 8.24. The molecule has 0 radical (unpaired) electrons. The van der Waals surface area contributed by atoms with Gasteiger partial charge in [-0.2, -0.15) is 9.98 Å². The fourth-order valence-corrected chi connectivity index (χ4v) is 1.70. The van der Waals surface area contributed by atoms with Gasteiger partial charge in [-0.1, -0.05) is 31.9 Å². The van der Waals surface area contributed by atoms with E-state index in [-0.39, 0.29) is 0 Å². The largest absolute Gasteiger partial charge is 0.188 e. The molecular formula is C13H8Br2N2. The Hall–Kier alpha value is -1.22. The minimum Gasteiger partial charge on any atom is -0.188 e. The maximum atomic E-state index is 4.12. The number of nitrogens with zero attached hydrogens (tertiary/aromatic N) is 2. The lowest BCUT2D eigenvalue weighted by molar-refractivity contribution is 1.48. The highest BCUT2D eigenvalue weighted by Crippen LogP contribution is 2.17. The van der Waals surface area contributed by atoms with Crippen LogP contribution in [0.4, 0.5) is 11.4 Å². The zero-order valence-electron chi connectivity index (χ0n) is 8.77. The van der Waals surface area contributed by atoms with Crippen LogP contribution in [0.1, 0.15) is 0 Å². The van der Waals surface area contributed by atoms with Gasteiger partial charge in [0.2, 0.25) is 0 Å². The van der Waals surface area contributed by atoms with Crippen molar-refractivity contribution in [2.24, 2.45) is 9.98 Å². The number of hydrogen-bond acceptors (Lipinski definition) is 2. The number of benzene rings is 2. The SMILES string of the molecule is Brc1ccc(N=C=Nc2ccc(Br)cc2)cc1. The van der Waals surface area contributed by atoms with Crippen LogP contribution in [0.2, 0.25) is 0 Å². The molecule has 0 saturated carbocycles. The van der Waals surface area contributed by atoms with Crippen molar-refractivity contribution in [2.75, 3.05) is 0 Å². The Morgan fingerprint density at radius 2 is 1.00 bits per heavy atom. The van der Waals surface area contributed by atoms with E-state index in [1.54, 1.807) is 0 Å². The first-order valence-electron chi connectivity index (χ1n) is 4.92. The molecule has 0 heterocycles. The molecule has 0 unspecified atom stereocenters. The van der Waals surface area contributed by atoms with Crippen LogP contribution >= 0.6 is 31.9 Å². The van der Waals surface area contributed by atoms with Crippen LogP contribution in [-0.2, 0) is 0 Å². The maximum Gasteiger partial charge on any atom is 0.100 e. The van der Waals surface area contributed by atoms with E-state index in [4.69, 9.17) is 0 Å². The van der Waals surface area contributed by atoms with Gasteiger partial charge >= 0.3 is 0 Å². The molecule has 0 amide bonds. The van der Waals surface area contributed by atoms with Gasteiger partial charge in [0.25, 0.3) is 0 Å². The maximum absolute atomic E-state index is 4.12. The van der Waals surface area contributed by atoms with Crippen molar-refractivity contribution >= 4 is 49.2 Å². The lowest BCUT2D eigenvalue weighted by atomic mass is 10.3. The summed E-state index contributed by atoms with van der Waals surface area (Å²) < 4.78 is 2.06. The molecule has 2 aromatic rings. The van der Waals surface area contributed by atoms with Gasteiger partial charge in [-0.15, -0.1) is 0 Å². The van der Waals surface area contributed by atoms with Crippen molar-refractivity contribution in [3.8, 4) is 0 Å². The Kier molecular flexibility index (Phi) is 4.26. The summed E-state index contributed by atoms with van der Waals surface area (Å²) in [6.07, 6.45) is 0. The zero-order valence-corrected chi connectivity index (χ0v) is 11.9. The Bertz CT molecular complexity index is 503. The van der Waals surface area contributed by atoms with Crippen LogP contribution in [0.3, 0.4) is 0 Å². The van der Waals surface area contributed by atoms with Crippen molar-refractivity contribution in [3.05, 3.63) is 57.5 Å². The van der Waals surface area contributed by atoms with Gasteiger partial charge in [-0.3, -0.25) is 0 Å². The van der Waals surface area contributed by atoms with Crippen LogP contribution in [0.5, 0.6) is 0 Å². The molecule has 17 heavy (non-hydrogen) atoms. The molecule has 0 aromatic heterocycles. The van der Waals surface area contributed by atoms with Gasteiger partial charge in [-0.25, -0.2) is 0 Å². The Morgan fingerprint density at radius 3 is 1.35 bits per heavy atom. The highest BCUT2D eigenvalue weighted by molar-refractivity contribution is 9.10. The molecule has 0 saturated heterocycles. The van der Waals surface area contributed by atoms with Gasteiger partial charge in [0.15, 0.2) is 0 Å². The first-order valence-corrected chi connectivity index (χ1v) is 6.50. The molecule has 0 spiro atoms. The highest BCUT2D eigenvalue weighted by atomic mass is 79.9. The van der Waals surface area contributed by atoms with E-state index in [9.17, 15) is 0 Å². The van der Waals surface area contributed by atoms with E-state index in [0.717, 1.165) is 20.3 Å². The first kappa shape index (κ1) is 12.2. The lowest BCUT2D eigenvalue weighted by Gasteiger charge is -1.91. The van der Waals surface area contributed by atoms with Gasteiger partial charge in [0.1, 0.15) is 6.01 Å². The average molecular weight is 352 g/mol. The highest BCUT2D eigenvalue weighted by Gasteiger charge is 1.89. The molecule has 4 heteroatoms. The van der Waals surface area contributed by atoms with Crippen LogP contribution in [0.25, 0.3) is 0 Å². The third-order valence-electron chi connectivity index (χ3n) is 2.01. The molecule has 0 atom stereocenters. The van der Waals surface area contributed by atoms with Crippen molar-refractivity contribution in [3.63, 3.8) is 0 Å². The van der Waals surface area contributed by atoms with Gasteiger partial charge in [0, 0.05) is 8.95 Å². The molecule has 2 aromatic carbocycles. The fourth-order valence-electron chi connectivity index (χ4n) is 1.17. The second-order valence-corrected chi connectivity index (χ2v) is 5.11. The lowest BCUT2D eigenvalue weighted by Crippen LogP contribution is -1.66. The second kappa shape index (κ2) is 5.92. The molecular weight excluding hydrogens is 344 g/mol. The predicted octanol–water partition coefficient (Wildman–Crippen LogP) is 5.35. The van der Waals surface area contributed by atoms with Gasteiger partial charge < -0.3 is 0 Å². The summed E-state index contributed by atoms with van der Waals surface area (Å²) in [4.78, 5) is 8.23. The molecule has 0 aliphatic carbocycles. The van der Waals surface area contributed by atoms with Crippen molar-refractivity contribution < 1.29 is 0 Å². The fraction of sp³-hybridized carbons (Fsp3) is 0. The van der Waals surface area contributed by atoms with Gasteiger partial charge in [-0.05, 0) is 48.5 Å². The normalized spacial score (nSPS) is 9.53. The molecule has 0 aliphatic rings. The van der Waals surface area contributed by atoms with Crippen molar-refractivity contribution in [2.45, 2.75) is 0 Å². The van der Waals surface area contributed by atoms with Crippen LogP contribution < -0.4 is 0 Å². The van der Waals surface area contributed by atoms with E-state index in [1.807, 2.05) is 48.5 Å². The Morgan fingerprint density at radius 1 is 0.647 bits per heavy atom. The van der Waals surface area contributed by atoms with Crippen molar-refractivity contribution in [1.29, 1.82) is 0 Å². The standard InChI is InChI=1S/C13H8Br2N2/c14-10-1-5-12(6-2-10)16-9-17-13-7-3-11(15)4-8-13/h1-8H. The van der Waals surface area contributed by atoms with Crippen LogP contribution in [0, 0.1) is 0 Å². The average Bonchev–Trinajstić information content (AvgIpc) is 2.34. The summed E-state index contributed by atoms with van der Waals surface area (Å²) in [5, 5.41) is 0. The number of hydrogen-bond donors (Lipinski definition) is 0. The summed E-state index contributed by atoms with van der Waals surface area (Å²) in [5.74, 6) is 0. The topological polar surface area (TPSA) is 24.7 Å². The minimum absolute atomic E-state index is 0.828. The Balaban J connectivity index is 2.14. The third-order valence-corrected chi connectivity index (χ3v) is 3.07. The summed E-state index contributed by atoms with van der Waals surface area (Å²) in [6, 6.07) is 18.0. The molecule has 0 N–H and O–H groups in total. The zero-order chi connectivity index (χ0) is 12.1. The van der Waals surface area contributed by atoms with Crippen LogP contribution in [0.15, 0.2) is 67.5 Å². The quantitative estimate of drug-likeness (QED) is 0.651. The smallest absolute Gasteiger partial charge is 0.100 e. The van der Waals surface area contributed by atoms with Crippen molar-refractivity contribution in [1.82, 2.24) is 0 Å². The minimum atomic E-state index is 0.828. The third kappa shape index (κ3) is 3.93. The number of aliphatic imine (C=N–C) groups is 2. The van der Waals surface area contributed by atoms with E-state index in [2.05, 4.69) is 47.9 Å². The Labute approximate surface area is 116 Å². The van der Waals surface area contributed by atoms with Crippen LogP contribution in [-0.4, -0.2) is 6.01 Å². The van der Waals surface area contributed by atoms with Gasteiger partial charge in [0.05, 0.1) is 11.4 Å². The second-order valence-electron chi connectivity index (χ2n) is 3.28.